The van der Waals surface area contributed by atoms with Crippen LogP contribution in [0.2, 0.25) is 0 Å². The lowest BCUT2D eigenvalue weighted by Gasteiger charge is -2.20. The van der Waals surface area contributed by atoms with Crippen LogP contribution in [-0.2, 0) is 22.4 Å². The second-order valence-corrected chi connectivity index (χ2v) is 5.01. The fraction of sp³-hybridized carbons (Fsp3) is 0.562. The Hall–Kier alpha value is -1.51. The normalized spacial score (nSPS) is 12.3. The van der Waals surface area contributed by atoms with Crippen LogP contribution in [0.1, 0.15) is 45.7 Å². The fourth-order valence-corrected chi connectivity index (χ4v) is 2.04. The number of aryl methyl sites for hydroxylation is 2. The number of esters is 1. The van der Waals surface area contributed by atoms with Crippen LogP contribution in [0.25, 0.3) is 0 Å². The molecule has 0 saturated carbocycles. The first-order valence-corrected chi connectivity index (χ1v) is 7.07. The largest absolute Gasteiger partial charge is 0.461 e. The monoisotopic (exact) mass is 263 g/mol. The molecule has 3 nitrogen and oxygen atoms in total. The van der Waals surface area contributed by atoms with E-state index in [-0.39, 0.29) is 18.1 Å². The van der Waals surface area contributed by atoms with Gasteiger partial charge < -0.3 is 10.1 Å². The van der Waals surface area contributed by atoms with Gasteiger partial charge in [0.05, 0.1) is 6.10 Å². The number of ether oxygens (including phenoxy) is 1. The Balaban J connectivity index is 2.89. The number of para-hydroxylation sites is 1. The Morgan fingerprint density at radius 1 is 1.16 bits per heavy atom. The quantitative estimate of drug-likeness (QED) is 0.797. The highest BCUT2D eigenvalue weighted by Gasteiger charge is 2.17. The number of rotatable bonds is 6. The molecule has 1 unspecified atom stereocenters. The average Bonchev–Trinajstić information content (AvgIpc) is 2.37. The van der Waals surface area contributed by atoms with Crippen molar-refractivity contribution in [2.75, 3.05) is 5.32 Å². The van der Waals surface area contributed by atoms with Crippen molar-refractivity contribution in [2.45, 2.75) is 59.6 Å². The van der Waals surface area contributed by atoms with Crippen LogP contribution in [0.4, 0.5) is 5.69 Å². The van der Waals surface area contributed by atoms with Gasteiger partial charge in [-0.1, -0.05) is 32.0 Å². The zero-order valence-corrected chi connectivity index (χ0v) is 12.6. The summed E-state index contributed by atoms with van der Waals surface area (Å²) in [6, 6.07) is 5.93. The number of anilines is 1. The van der Waals surface area contributed by atoms with Gasteiger partial charge in [-0.05, 0) is 44.7 Å². The summed E-state index contributed by atoms with van der Waals surface area (Å²) in [4.78, 5) is 11.9. The van der Waals surface area contributed by atoms with E-state index >= 15 is 0 Å². The van der Waals surface area contributed by atoms with Crippen molar-refractivity contribution in [3.8, 4) is 0 Å². The molecular formula is C16H25NO2. The van der Waals surface area contributed by atoms with E-state index in [2.05, 4.69) is 37.4 Å². The van der Waals surface area contributed by atoms with Gasteiger partial charge in [-0.3, -0.25) is 0 Å². The van der Waals surface area contributed by atoms with E-state index in [1.54, 1.807) is 0 Å². The van der Waals surface area contributed by atoms with Crippen LogP contribution in [0.5, 0.6) is 0 Å². The van der Waals surface area contributed by atoms with E-state index in [0.29, 0.717) is 0 Å². The highest BCUT2D eigenvalue weighted by Crippen LogP contribution is 2.23. The predicted octanol–water partition coefficient (Wildman–Crippen LogP) is 3.56. The van der Waals surface area contributed by atoms with Gasteiger partial charge in [0.25, 0.3) is 0 Å². The minimum Gasteiger partial charge on any atom is -0.461 e. The maximum absolute atomic E-state index is 11.9. The molecule has 3 heteroatoms. The number of carbonyl (C=O) groups excluding carboxylic acids is 1. The van der Waals surface area contributed by atoms with Gasteiger partial charge in [-0.15, -0.1) is 0 Å². The summed E-state index contributed by atoms with van der Waals surface area (Å²) in [5, 5.41) is 3.31. The van der Waals surface area contributed by atoms with Gasteiger partial charge in [-0.25, -0.2) is 4.79 Å². The number of hydrogen-bond donors (Lipinski definition) is 1. The third-order valence-corrected chi connectivity index (χ3v) is 3.07. The van der Waals surface area contributed by atoms with Crippen LogP contribution in [-0.4, -0.2) is 18.1 Å². The molecule has 0 aliphatic heterocycles. The zero-order valence-electron chi connectivity index (χ0n) is 12.6. The SMILES string of the molecule is CCc1cccc(CC)c1NC(C)C(=O)OC(C)C. The van der Waals surface area contributed by atoms with Gasteiger partial charge >= 0.3 is 5.97 Å². The van der Waals surface area contributed by atoms with Gasteiger partial charge in [0.1, 0.15) is 6.04 Å². The molecule has 1 atom stereocenters. The van der Waals surface area contributed by atoms with Crippen molar-refractivity contribution in [1.29, 1.82) is 0 Å². The molecule has 0 bridgehead atoms. The predicted molar refractivity (Wildman–Crippen MR) is 79.5 cm³/mol. The van der Waals surface area contributed by atoms with Crippen LogP contribution in [0, 0.1) is 0 Å². The summed E-state index contributed by atoms with van der Waals surface area (Å²) in [6.45, 7) is 9.81. The molecule has 1 aromatic rings. The molecule has 0 aromatic heterocycles. The molecular weight excluding hydrogens is 238 g/mol. The van der Waals surface area contributed by atoms with Crippen molar-refractivity contribution in [1.82, 2.24) is 0 Å². The summed E-state index contributed by atoms with van der Waals surface area (Å²) >= 11 is 0. The van der Waals surface area contributed by atoms with E-state index in [1.807, 2.05) is 20.8 Å². The lowest BCUT2D eigenvalue weighted by Crippen LogP contribution is -2.30. The molecule has 0 aliphatic rings. The fourth-order valence-electron chi connectivity index (χ4n) is 2.04. The highest BCUT2D eigenvalue weighted by atomic mass is 16.5. The van der Waals surface area contributed by atoms with E-state index in [4.69, 9.17) is 4.74 Å². The summed E-state index contributed by atoms with van der Waals surface area (Å²) in [7, 11) is 0. The first kappa shape index (κ1) is 15.5. The number of nitrogens with one attached hydrogen (secondary N) is 1. The highest BCUT2D eigenvalue weighted by molar-refractivity contribution is 5.79. The average molecular weight is 263 g/mol. The second kappa shape index (κ2) is 7.17. The Bertz CT molecular complexity index is 405. The van der Waals surface area contributed by atoms with Gasteiger partial charge in [-0.2, -0.15) is 0 Å². The molecule has 1 N–H and O–H groups in total. The molecule has 0 saturated heterocycles. The molecule has 0 heterocycles. The maximum atomic E-state index is 11.9. The van der Waals surface area contributed by atoms with Crippen molar-refractivity contribution in [3.05, 3.63) is 29.3 Å². The van der Waals surface area contributed by atoms with Crippen molar-refractivity contribution in [3.63, 3.8) is 0 Å². The molecule has 0 spiro atoms. The molecule has 0 aliphatic carbocycles. The van der Waals surface area contributed by atoms with E-state index in [9.17, 15) is 4.79 Å². The van der Waals surface area contributed by atoms with Crippen LogP contribution in [0.15, 0.2) is 18.2 Å². The van der Waals surface area contributed by atoms with Crippen molar-refractivity contribution < 1.29 is 9.53 Å². The molecule has 0 fully saturated rings. The van der Waals surface area contributed by atoms with Crippen molar-refractivity contribution in [2.24, 2.45) is 0 Å². The Kier molecular flexibility index (Phi) is 5.87. The van der Waals surface area contributed by atoms with E-state index < -0.39 is 0 Å². The molecule has 0 radical (unpaired) electrons. The molecule has 106 valence electrons. The smallest absolute Gasteiger partial charge is 0.328 e. The number of hydrogen-bond acceptors (Lipinski definition) is 3. The van der Waals surface area contributed by atoms with Crippen LogP contribution in [0.3, 0.4) is 0 Å². The standard InChI is InChI=1S/C16H25NO2/c1-6-13-9-8-10-14(7-2)15(13)17-12(5)16(18)19-11(3)4/h8-12,17H,6-7H2,1-5H3. The Morgan fingerprint density at radius 2 is 1.68 bits per heavy atom. The zero-order chi connectivity index (χ0) is 14.4. The maximum Gasteiger partial charge on any atom is 0.328 e. The third-order valence-electron chi connectivity index (χ3n) is 3.07. The van der Waals surface area contributed by atoms with E-state index in [1.165, 1.54) is 11.1 Å². The topological polar surface area (TPSA) is 38.3 Å². The minimum atomic E-state index is -0.333. The molecule has 0 amide bonds. The molecule has 19 heavy (non-hydrogen) atoms. The van der Waals surface area contributed by atoms with E-state index in [0.717, 1.165) is 18.5 Å². The second-order valence-electron chi connectivity index (χ2n) is 5.01. The van der Waals surface area contributed by atoms with Gasteiger partial charge in [0.15, 0.2) is 0 Å². The number of carbonyl (C=O) groups is 1. The minimum absolute atomic E-state index is 0.0798. The Morgan fingerprint density at radius 3 is 2.11 bits per heavy atom. The molecule has 1 aromatic carbocycles. The van der Waals surface area contributed by atoms with Gasteiger partial charge in [0.2, 0.25) is 0 Å². The third kappa shape index (κ3) is 4.27. The summed E-state index contributed by atoms with van der Waals surface area (Å²) in [6.07, 6.45) is 1.81. The number of benzene rings is 1. The summed E-state index contributed by atoms with van der Waals surface area (Å²) in [5.74, 6) is -0.206. The van der Waals surface area contributed by atoms with Crippen LogP contribution >= 0.6 is 0 Å². The lowest BCUT2D eigenvalue weighted by molar-refractivity contribution is -0.147. The van der Waals surface area contributed by atoms with Crippen LogP contribution < -0.4 is 5.32 Å². The first-order valence-electron chi connectivity index (χ1n) is 7.07. The lowest BCUT2D eigenvalue weighted by atomic mass is 10.0. The van der Waals surface area contributed by atoms with Gasteiger partial charge in [0, 0.05) is 5.69 Å². The summed E-state index contributed by atoms with van der Waals surface area (Å²) < 4.78 is 5.23. The van der Waals surface area contributed by atoms with Crippen molar-refractivity contribution >= 4 is 11.7 Å². The Labute approximate surface area is 116 Å². The molecule has 1 rings (SSSR count). The summed E-state index contributed by atoms with van der Waals surface area (Å²) in [5.41, 5.74) is 3.56. The first-order chi connectivity index (χ1) is 8.99.